The van der Waals surface area contributed by atoms with Gasteiger partial charge in [0.2, 0.25) is 0 Å². The normalized spacial score (nSPS) is 20.4. The molecule has 0 amide bonds. The van der Waals surface area contributed by atoms with Crippen molar-refractivity contribution in [2.24, 2.45) is 5.92 Å². The van der Waals surface area contributed by atoms with Crippen LogP contribution in [0, 0.1) is 5.92 Å². The molecule has 1 aromatic carbocycles. The molecule has 1 aliphatic rings. The van der Waals surface area contributed by atoms with Crippen LogP contribution in [0.5, 0.6) is 11.5 Å². The molecule has 2 rings (SSSR count). The standard InChI is InChI=1S/C15H23NO4S/c1-3-20-14-5-4-12(8-15(14)19-2)9-16-10-13-6-7-21(17,18)11-13/h4-5,8,13,16H,3,6-7,9-11H2,1-2H3. The van der Waals surface area contributed by atoms with Crippen molar-refractivity contribution in [1.82, 2.24) is 5.32 Å². The summed E-state index contributed by atoms with van der Waals surface area (Å²) < 4.78 is 33.6. The van der Waals surface area contributed by atoms with Crippen LogP contribution in [0.15, 0.2) is 18.2 Å². The molecule has 5 nitrogen and oxygen atoms in total. The largest absolute Gasteiger partial charge is 0.493 e. The van der Waals surface area contributed by atoms with Crippen LogP contribution in [0.25, 0.3) is 0 Å². The Balaban J connectivity index is 1.86. The molecule has 118 valence electrons. The summed E-state index contributed by atoms with van der Waals surface area (Å²) in [6, 6.07) is 5.84. The van der Waals surface area contributed by atoms with Crippen molar-refractivity contribution < 1.29 is 17.9 Å². The van der Waals surface area contributed by atoms with Crippen LogP contribution >= 0.6 is 0 Å². The van der Waals surface area contributed by atoms with E-state index in [-0.39, 0.29) is 5.92 Å². The summed E-state index contributed by atoms with van der Waals surface area (Å²) in [6.45, 7) is 3.96. The molecule has 6 heteroatoms. The van der Waals surface area contributed by atoms with E-state index in [2.05, 4.69) is 5.32 Å². The van der Waals surface area contributed by atoms with E-state index in [4.69, 9.17) is 9.47 Å². The summed E-state index contributed by atoms with van der Waals surface area (Å²) in [7, 11) is -1.17. The van der Waals surface area contributed by atoms with Gasteiger partial charge in [0.25, 0.3) is 0 Å². The zero-order chi connectivity index (χ0) is 15.3. The van der Waals surface area contributed by atoms with Gasteiger partial charge in [-0.3, -0.25) is 0 Å². The highest BCUT2D eigenvalue weighted by atomic mass is 32.2. The second kappa shape index (κ2) is 7.13. The Bertz CT molecular complexity index is 571. The SMILES string of the molecule is CCOc1ccc(CNCC2CCS(=O)(=O)C2)cc1OC. The lowest BCUT2D eigenvalue weighted by molar-refractivity contribution is 0.310. The van der Waals surface area contributed by atoms with Crippen molar-refractivity contribution in [2.75, 3.05) is 31.8 Å². The van der Waals surface area contributed by atoms with Crippen LogP contribution in [0.4, 0.5) is 0 Å². The first-order valence-corrected chi connectivity index (χ1v) is 9.07. The lowest BCUT2D eigenvalue weighted by Gasteiger charge is -2.13. The fourth-order valence-electron chi connectivity index (χ4n) is 2.55. The van der Waals surface area contributed by atoms with Gasteiger partial charge in [-0.05, 0) is 43.5 Å². The number of sulfone groups is 1. The number of hydrogen-bond donors (Lipinski definition) is 1. The molecule has 1 unspecified atom stereocenters. The molecule has 0 saturated carbocycles. The second-order valence-electron chi connectivity index (χ2n) is 5.32. The van der Waals surface area contributed by atoms with Gasteiger partial charge < -0.3 is 14.8 Å². The highest BCUT2D eigenvalue weighted by Gasteiger charge is 2.27. The minimum Gasteiger partial charge on any atom is -0.493 e. The van der Waals surface area contributed by atoms with Crippen molar-refractivity contribution >= 4 is 9.84 Å². The quantitative estimate of drug-likeness (QED) is 0.828. The number of hydrogen-bond acceptors (Lipinski definition) is 5. The molecule has 0 spiro atoms. The van der Waals surface area contributed by atoms with Gasteiger partial charge in [-0.25, -0.2) is 8.42 Å². The van der Waals surface area contributed by atoms with Crippen molar-refractivity contribution in [3.63, 3.8) is 0 Å². The average molecular weight is 313 g/mol. The Labute approximate surface area is 126 Å². The van der Waals surface area contributed by atoms with Crippen LogP contribution in [-0.4, -0.2) is 40.2 Å². The van der Waals surface area contributed by atoms with Gasteiger partial charge in [0.15, 0.2) is 21.3 Å². The maximum Gasteiger partial charge on any atom is 0.161 e. The molecule has 0 aliphatic carbocycles. The van der Waals surface area contributed by atoms with Crippen LogP contribution in [0.1, 0.15) is 18.9 Å². The van der Waals surface area contributed by atoms with Gasteiger partial charge in [0.05, 0.1) is 25.2 Å². The molecule has 1 heterocycles. The monoisotopic (exact) mass is 313 g/mol. The van der Waals surface area contributed by atoms with Gasteiger partial charge in [-0.15, -0.1) is 0 Å². The molecule has 0 radical (unpaired) electrons. The number of ether oxygens (including phenoxy) is 2. The summed E-state index contributed by atoms with van der Waals surface area (Å²) in [5, 5.41) is 3.32. The summed E-state index contributed by atoms with van der Waals surface area (Å²) in [5.74, 6) is 2.34. The number of methoxy groups -OCH3 is 1. The Hall–Kier alpha value is -1.27. The third-order valence-electron chi connectivity index (χ3n) is 3.62. The number of rotatable bonds is 7. The zero-order valence-corrected chi connectivity index (χ0v) is 13.4. The lowest BCUT2D eigenvalue weighted by atomic mass is 10.1. The first-order valence-electron chi connectivity index (χ1n) is 7.25. The van der Waals surface area contributed by atoms with E-state index < -0.39 is 9.84 Å². The van der Waals surface area contributed by atoms with Crippen LogP contribution < -0.4 is 14.8 Å². The predicted molar refractivity (Wildman–Crippen MR) is 82.6 cm³/mol. The molecule has 0 bridgehead atoms. The lowest BCUT2D eigenvalue weighted by Crippen LogP contribution is -2.23. The van der Waals surface area contributed by atoms with E-state index in [0.29, 0.717) is 24.7 Å². The molecule has 1 fully saturated rings. The van der Waals surface area contributed by atoms with E-state index >= 15 is 0 Å². The van der Waals surface area contributed by atoms with Gasteiger partial charge in [-0.1, -0.05) is 6.07 Å². The Kier molecular flexibility index (Phi) is 5.47. The van der Waals surface area contributed by atoms with E-state index in [9.17, 15) is 8.42 Å². The fraction of sp³-hybridized carbons (Fsp3) is 0.600. The van der Waals surface area contributed by atoms with Gasteiger partial charge >= 0.3 is 0 Å². The summed E-state index contributed by atoms with van der Waals surface area (Å²) in [4.78, 5) is 0. The molecule has 0 aromatic heterocycles. The highest BCUT2D eigenvalue weighted by Crippen LogP contribution is 2.28. The topological polar surface area (TPSA) is 64.6 Å². The molecular weight excluding hydrogens is 290 g/mol. The maximum absolute atomic E-state index is 11.4. The van der Waals surface area contributed by atoms with Crippen molar-refractivity contribution in [3.8, 4) is 11.5 Å². The first kappa shape index (κ1) is 16.1. The van der Waals surface area contributed by atoms with E-state index in [0.717, 1.165) is 30.0 Å². The van der Waals surface area contributed by atoms with Gasteiger partial charge in [0.1, 0.15) is 0 Å². The summed E-state index contributed by atoms with van der Waals surface area (Å²) >= 11 is 0. The Morgan fingerprint density at radius 1 is 1.33 bits per heavy atom. The van der Waals surface area contributed by atoms with Crippen LogP contribution in [-0.2, 0) is 16.4 Å². The number of benzene rings is 1. The Morgan fingerprint density at radius 3 is 2.76 bits per heavy atom. The van der Waals surface area contributed by atoms with Crippen LogP contribution in [0.2, 0.25) is 0 Å². The average Bonchev–Trinajstić information content (AvgIpc) is 2.80. The van der Waals surface area contributed by atoms with Gasteiger partial charge in [0, 0.05) is 6.54 Å². The zero-order valence-electron chi connectivity index (χ0n) is 12.6. The molecule has 1 aromatic rings. The summed E-state index contributed by atoms with van der Waals surface area (Å²) in [6.07, 6.45) is 0.766. The summed E-state index contributed by atoms with van der Waals surface area (Å²) in [5.41, 5.74) is 1.09. The van der Waals surface area contributed by atoms with Crippen molar-refractivity contribution in [1.29, 1.82) is 0 Å². The third kappa shape index (κ3) is 4.61. The molecular formula is C15H23NO4S. The smallest absolute Gasteiger partial charge is 0.161 e. The van der Waals surface area contributed by atoms with Gasteiger partial charge in [-0.2, -0.15) is 0 Å². The molecule has 1 saturated heterocycles. The molecule has 1 N–H and O–H groups in total. The number of nitrogens with one attached hydrogen (secondary N) is 1. The minimum absolute atomic E-state index is 0.236. The second-order valence-corrected chi connectivity index (χ2v) is 7.55. The first-order chi connectivity index (χ1) is 10.0. The van der Waals surface area contributed by atoms with E-state index in [1.165, 1.54) is 0 Å². The van der Waals surface area contributed by atoms with Crippen molar-refractivity contribution in [2.45, 2.75) is 19.9 Å². The Morgan fingerprint density at radius 2 is 2.14 bits per heavy atom. The van der Waals surface area contributed by atoms with E-state index in [1.54, 1.807) is 7.11 Å². The predicted octanol–water partition coefficient (Wildman–Crippen LogP) is 1.62. The minimum atomic E-state index is -2.79. The van der Waals surface area contributed by atoms with Crippen LogP contribution in [0.3, 0.4) is 0 Å². The van der Waals surface area contributed by atoms with Crippen molar-refractivity contribution in [3.05, 3.63) is 23.8 Å². The molecule has 1 atom stereocenters. The maximum atomic E-state index is 11.4. The molecule has 1 aliphatic heterocycles. The highest BCUT2D eigenvalue weighted by molar-refractivity contribution is 7.91. The fourth-order valence-corrected chi connectivity index (χ4v) is 4.41. The molecule has 21 heavy (non-hydrogen) atoms. The van der Waals surface area contributed by atoms with E-state index in [1.807, 2.05) is 25.1 Å². The third-order valence-corrected chi connectivity index (χ3v) is 5.45.